The Morgan fingerprint density at radius 3 is 2.50 bits per heavy atom. The largest absolute Gasteiger partial charge is 0.393 e. The molecular weight excluding hydrogens is 245 g/mol. The van der Waals surface area contributed by atoms with E-state index in [1.807, 2.05) is 0 Å². The van der Waals surface area contributed by atoms with Crippen molar-refractivity contribution in [2.45, 2.75) is 19.0 Å². The summed E-state index contributed by atoms with van der Waals surface area (Å²) in [5, 5.41) is 0. The molecule has 4 nitrogen and oxygen atoms in total. The standard InChI is InChI=1S/C8H15F3N2O2S/c9-8(10,11)7-2-1-4-13(6-7)16(14,15)5-3-12/h7H,1-6,12H2. The van der Waals surface area contributed by atoms with Gasteiger partial charge in [0.1, 0.15) is 0 Å². The van der Waals surface area contributed by atoms with Gasteiger partial charge in [0.2, 0.25) is 10.0 Å². The van der Waals surface area contributed by atoms with E-state index in [0.717, 1.165) is 4.31 Å². The van der Waals surface area contributed by atoms with Crippen LogP contribution in [0.1, 0.15) is 12.8 Å². The van der Waals surface area contributed by atoms with Gasteiger partial charge < -0.3 is 5.73 Å². The van der Waals surface area contributed by atoms with Crippen molar-refractivity contribution >= 4 is 10.0 Å². The molecule has 16 heavy (non-hydrogen) atoms. The highest BCUT2D eigenvalue weighted by Crippen LogP contribution is 2.33. The van der Waals surface area contributed by atoms with Crippen LogP contribution in [0.15, 0.2) is 0 Å². The molecule has 0 amide bonds. The Labute approximate surface area is 92.6 Å². The molecule has 2 N–H and O–H groups in total. The van der Waals surface area contributed by atoms with Crippen molar-refractivity contribution in [1.29, 1.82) is 0 Å². The lowest BCUT2D eigenvalue weighted by Gasteiger charge is -2.32. The van der Waals surface area contributed by atoms with Crippen molar-refractivity contribution in [2.24, 2.45) is 11.7 Å². The van der Waals surface area contributed by atoms with Gasteiger partial charge in [-0.05, 0) is 12.8 Å². The summed E-state index contributed by atoms with van der Waals surface area (Å²) < 4.78 is 61.3. The summed E-state index contributed by atoms with van der Waals surface area (Å²) in [6, 6.07) is 0. The first kappa shape index (κ1) is 13.7. The Morgan fingerprint density at radius 1 is 1.38 bits per heavy atom. The van der Waals surface area contributed by atoms with Gasteiger partial charge in [-0.1, -0.05) is 0 Å². The molecule has 1 atom stereocenters. The lowest BCUT2D eigenvalue weighted by atomic mass is 9.99. The van der Waals surface area contributed by atoms with Crippen molar-refractivity contribution in [3.05, 3.63) is 0 Å². The lowest BCUT2D eigenvalue weighted by molar-refractivity contribution is -0.182. The first-order valence-corrected chi connectivity index (χ1v) is 6.63. The summed E-state index contributed by atoms with van der Waals surface area (Å²) in [6.07, 6.45) is -4.08. The average molecular weight is 260 g/mol. The molecule has 1 unspecified atom stereocenters. The maximum atomic E-state index is 12.4. The molecule has 0 radical (unpaired) electrons. The molecule has 0 aromatic rings. The summed E-state index contributed by atoms with van der Waals surface area (Å²) in [7, 11) is -3.62. The van der Waals surface area contributed by atoms with E-state index in [4.69, 9.17) is 5.73 Å². The maximum Gasteiger partial charge on any atom is 0.393 e. The second-order valence-corrected chi connectivity index (χ2v) is 5.93. The topological polar surface area (TPSA) is 63.4 Å². The van der Waals surface area contributed by atoms with Gasteiger partial charge in [-0.25, -0.2) is 12.7 Å². The molecule has 1 aliphatic heterocycles. The minimum Gasteiger partial charge on any atom is -0.329 e. The molecule has 1 rings (SSSR count). The maximum absolute atomic E-state index is 12.4. The van der Waals surface area contributed by atoms with Gasteiger partial charge in [0.15, 0.2) is 0 Å². The third-order valence-corrected chi connectivity index (χ3v) is 4.49. The zero-order chi connectivity index (χ0) is 12.4. The fraction of sp³-hybridized carbons (Fsp3) is 1.00. The smallest absolute Gasteiger partial charge is 0.329 e. The number of rotatable bonds is 3. The highest BCUT2D eigenvalue weighted by molar-refractivity contribution is 7.89. The SMILES string of the molecule is NCCS(=O)(=O)N1CCCC(C(F)(F)F)C1. The van der Waals surface area contributed by atoms with E-state index in [9.17, 15) is 21.6 Å². The van der Waals surface area contributed by atoms with E-state index in [1.165, 1.54) is 0 Å². The van der Waals surface area contributed by atoms with Crippen molar-refractivity contribution in [2.75, 3.05) is 25.4 Å². The highest BCUT2D eigenvalue weighted by Gasteiger charge is 2.43. The molecule has 0 spiro atoms. The number of alkyl halides is 3. The van der Waals surface area contributed by atoms with Crippen LogP contribution in [-0.4, -0.2) is 44.3 Å². The van der Waals surface area contributed by atoms with Crippen LogP contribution in [0.4, 0.5) is 13.2 Å². The summed E-state index contributed by atoms with van der Waals surface area (Å²) in [6.45, 7) is -0.379. The first-order valence-electron chi connectivity index (χ1n) is 5.02. The monoisotopic (exact) mass is 260 g/mol. The molecule has 0 aromatic heterocycles. The Kier molecular flexibility index (Phi) is 4.19. The Bertz CT molecular complexity index is 329. The van der Waals surface area contributed by atoms with Gasteiger partial charge in [-0.3, -0.25) is 0 Å². The van der Waals surface area contributed by atoms with Crippen LogP contribution in [0.25, 0.3) is 0 Å². The predicted octanol–water partition coefficient (Wildman–Crippen LogP) is 0.549. The summed E-state index contributed by atoms with van der Waals surface area (Å²) >= 11 is 0. The molecule has 0 bridgehead atoms. The number of nitrogens with zero attached hydrogens (tertiary/aromatic N) is 1. The Hall–Kier alpha value is -0.340. The van der Waals surface area contributed by atoms with Gasteiger partial charge in [-0.15, -0.1) is 0 Å². The number of halogens is 3. The Balaban J connectivity index is 2.71. The zero-order valence-electron chi connectivity index (χ0n) is 8.70. The zero-order valence-corrected chi connectivity index (χ0v) is 9.52. The van der Waals surface area contributed by atoms with Gasteiger partial charge in [0, 0.05) is 19.6 Å². The first-order chi connectivity index (χ1) is 7.27. The normalized spacial score (nSPS) is 24.6. The fourth-order valence-corrected chi connectivity index (χ4v) is 3.11. The molecule has 0 aliphatic carbocycles. The second-order valence-electron chi connectivity index (χ2n) is 3.84. The molecule has 1 heterocycles. The van der Waals surface area contributed by atoms with E-state index in [-0.39, 0.29) is 31.7 Å². The summed E-state index contributed by atoms with van der Waals surface area (Å²) in [5.41, 5.74) is 5.11. The highest BCUT2D eigenvalue weighted by atomic mass is 32.2. The van der Waals surface area contributed by atoms with E-state index in [1.54, 1.807) is 0 Å². The number of hydrogen-bond acceptors (Lipinski definition) is 3. The molecule has 1 aliphatic rings. The van der Waals surface area contributed by atoms with Gasteiger partial charge in [0.25, 0.3) is 0 Å². The van der Waals surface area contributed by atoms with Gasteiger partial charge in [0.05, 0.1) is 11.7 Å². The Morgan fingerprint density at radius 2 is 2.00 bits per heavy atom. The fourth-order valence-electron chi connectivity index (χ4n) is 1.74. The minimum absolute atomic E-state index is 0.00184. The van der Waals surface area contributed by atoms with Crippen LogP contribution in [0.5, 0.6) is 0 Å². The van der Waals surface area contributed by atoms with E-state index in [0.29, 0.717) is 0 Å². The number of nitrogens with two attached hydrogens (primary N) is 1. The molecular formula is C8H15F3N2O2S. The van der Waals surface area contributed by atoms with Crippen LogP contribution >= 0.6 is 0 Å². The average Bonchev–Trinajstić information content (AvgIpc) is 2.16. The van der Waals surface area contributed by atoms with Crippen LogP contribution in [0, 0.1) is 5.92 Å². The van der Waals surface area contributed by atoms with Gasteiger partial charge in [-0.2, -0.15) is 13.2 Å². The number of piperidine rings is 1. The van der Waals surface area contributed by atoms with Crippen molar-refractivity contribution in [1.82, 2.24) is 4.31 Å². The molecule has 96 valence electrons. The van der Waals surface area contributed by atoms with E-state index >= 15 is 0 Å². The van der Waals surface area contributed by atoms with Crippen LogP contribution in [-0.2, 0) is 10.0 Å². The summed E-state index contributed by atoms with van der Waals surface area (Å²) in [5.74, 6) is -1.84. The van der Waals surface area contributed by atoms with Crippen LogP contribution in [0.3, 0.4) is 0 Å². The minimum atomic E-state index is -4.32. The molecule has 1 fully saturated rings. The molecule has 8 heteroatoms. The number of hydrogen-bond donors (Lipinski definition) is 1. The molecule has 0 aromatic carbocycles. The van der Waals surface area contributed by atoms with Crippen molar-refractivity contribution in [3.63, 3.8) is 0 Å². The molecule has 1 saturated heterocycles. The van der Waals surface area contributed by atoms with Crippen molar-refractivity contribution < 1.29 is 21.6 Å². The van der Waals surface area contributed by atoms with E-state index in [2.05, 4.69) is 0 Å². The summed E-state index contributed by atoms with van der Waals surface area (Å²) in [4.78, 5) is 0. The van der Waals surface area contributed by atoms with E-state index < -0.39 is 28.7 Å². The third kappa shape index (κ3) is 3.33. The molecule has 0 saturated carbocycles. The number of sulfonamides is 1. The van der Waals surface area contributed by atoms with Gasteiger partial charge >= 0.3 is 6.18 Å². The lowest BCUT2D eigenvalue weighted by Crippen LogP contribution is -2.46. The predicted molar refractivity (Wildman–Crippen MR) is 53.2 cm³/mol. The quantitative estimate of drug-likeness (QED) is 0.806. The van der Waals surface area contributed by atoms with Crippen LogP contribution in [0.2, 0.25) is 0 Å². The second kappa shape index (κ2) is 4.89. The van der Waals surface area contributed by atoms with Crippen molar-refractivity contribution in [3.8, 4) is 0 Å². The third-order valence-electron chi connectivity index (χ3n) is 2.62. The van der Waals surface area contributed by atoms with Crippen LogP contribution < -0.4 is 5.73 Å².